The summed E-state index contributed by atoms with van der Waals surface area (Å²) in [7, 11) is 5.65. The minimum absolute atomic E-state index is 0.0861. The fourth-order valence-electron chi connectivity index (χ4n) is 4.03. The molecular weight excluding hydrogens is 426 g/mol. The Bertz CT molecular complexity index is 883. The van der Waals surface area contributed by atoms with Crippen molar-refractivity contribution in [1.29, 1.82) is 0 Å². The molecule has 32 heavy (non-hydrogen) atoms. The minimum Gasteiger partial charge on any atom is -0.497 e. The Morgan fingerprint density at radius 2 is 1.91 bits per heavy atom. The molecule has 0 aromatic heterocycles. The van der Waals surface area contributed by atoms with Crippen molar-refractivity contribution in [3.63, 3.8) is 0 Å². The van der Waals surface area contributed by atoms with Gasteiger partial charge in [0.15, 0.2) is 0 Å². The predicted octanol–water partition coefficient (Wildman–Crippen LogP) is 4.65. The third-order valence-corrected chi connectivity index (χ3v) is 6.66. The van der Waals surface area contributed by atoms with Crippen molar-refractivity contribution in [3.05, 3.63) is 64.2 Å². The van der Waals surface area contributed by atoms with Crippen LogP contribution < -0.4 is 10.1 Å². The van der Waals surface area contributed by atoms with Crippen molar-refractivity contribution in [3.8, 4) is 5.75 Å². The van der Waals surface area contributed by atoms with E-state index in [0.717, 1.165) is 48.4 Å². The second-order valence-corrected chi connectivity index (χ2v) is 8.87. The number of hydrogen-bond acceptors (Lipinski definition) is 4. The Kier molecular flexibility index (Phi) is 8.79. The molecule has 6 nitrogen and oxygen atoms in total. The van der Waals surface area contributed by atoms with E-state index in [4.69, 9.17) is 21.1 Å². The number of likely N-dealkylation sites (tertiary alicyclic amines) is 1. The van der Waals surface area contributed by atoms with Crippen LogP contribution >= 0.6 is 11.6 Å². The van der Waals surface area contributed by atoms with Gasteiger partial charge in [-0.15, -0.1) is 0 Å². The van der Waals surface area contributed by atoms with Gasteiger partial charge in [-0.05, 0) is 74.8 Å². The third kappa shape index (κ3) is 6.37. The van der Waals surface area contributed by atoms with Crippen LogP contribution in [-0.4, -0.2) is 62.8 Å². The summed E-state index contributed by atoms with van der Waals surface area (Å²) in [5.74, 6) is 0.811. The number of carbonyl (C=O) groups is 1. The minimum atomic E-state index is -0.298. The number of urea groups is 1. The SMILES string of the molecule is COc1ccc(COCC(NC(=O)N(C)C2CCN(C)CC2)c2cccc(Cl)c2C)cc1. The number of methoxy groups -OCH3 is 1. The molecule has 1 aliphatic heterocycles. The van der Waals surface area contributed by atoms with Gasteiger partial charge in [0, 0.05) is 18.1 Å². The van der Waals surface area contributed by atoms with Crippen molar-refractivity contribution in [2.45, 2.75) is 38.5 Å². The van der Waals surface area contributed by atoms with Gasteiger partial charge in [-0.25, -0.2) is 4.79 Å². The average Bonchev–Trinajstić information content (AvgIpc) is 2.80. The molecule has 2 amide bonds. The average molecular weight is 460 g/mol. The van der Waals surface area contributed by atoms with Crippen molar-refractivity contribution >= 4 is 17.6 Å². The zero-order valence-corrected chi connectivity index (χ0v) is 20.2. The molecule has 3 rings (SSSR count). The van der Waals surface area contributed by atoms with E-state index in [1.54, 1.807) is 7.11 Å². The summed E-state index contributed by atoms with van der Waals surface area (Å²) in [5, 5.41) is 3.86. The molecule has 0 bridgehead atoms. The van der Waals surface area contributed by atoms with Crippen LogP contribution in [0.3, 0.4) is 0 Å². The molecule has 1 aliphatic rings. The molecule has 2 aromatic rings. The summed E-state index contributed by atoms with van der Waals surface area (Å²) < 4.78 is 11.2. The standard InChI is InChI=1S/C25H34ClN3O3/c1-18-22(6-5-7-23(18)26)24(17-32-16-19-8-10-21(31-4)11-9-19)27-25(30)29(3)20-12-14-28(2)15-13-20/h5-11,20,24H,12-17H2,1-4H3,(H,27,30). The number of hydrogen-bond donors (Lipinski definition) is 1. The van der Waals surface area contributed by atoms with E-state index < -0.39 is 0 Å². The van der Waals surface area contributed by atoms with E-state index >= 15 is 0 Å². The molecule has 0 spiro atoms. The lowest BCUT2D eigenvalue weighted by Gasteiger charge is -2.36. The van der Waals surface area contributed by atoms with Gasteiger partial charge in [0.1, 0.15) is 5.75 Å². The number of halogens is 1. The van der Waals surface area contributed by atoms with Crippen LogP contribution in [0, 0.1) is 6.92 Å². The maximum absolute atomic E-state index is 13.1. The maximum atomic E-state index is 13.1. The zero-order chi connectivity index (χ0) is 23.1. The molecule has 1 fully saturated rings. The fraction of sp³-hybridized carbons (Fsp3) is 0.480. The Hall–Kier alpha value is -2.28. The van der Waals surface area contributed by atoms with Crippen LogP contribution in [-0.2, 0) is 11.3 Å². The van der Waals surface area contributed by atoms with Crippen LogP contribution in [0.4, 0.5) is 4.79 Å². The topological polar surface area (TPSA) is 54.0 Å². The van der Waals surface area contributed by atoms with Gasteiger partial charge in [0.2, 0.25) is 0 Å². The Labute approximate surface area is 196 Å². The lowest BCUT2D eigenvalue weighted by atomic mass is 10.0. The number of nitrogens with zero attached hydrogens (tertiary/aromatic N) is 2. The fourth-order valence-corrected chi connectivity index (χ4v) is 4.21. The first-order chi connectivity index (χ1) is 15.4. The van der Waals surface area contributed by atoms with E-state index in [1.807, 2.05) is 61.3 Å². The summed E-state index contributed by atoms with van der Waals surface area (Å²) in [5.41, 5.74) is 2.97. The summed E-state index contributed by atoms with van der Waals surface area (Å²) in [4.78, 5) is 17.2. The molecule has 0 aliphatic carbocycles. The summed E-state index contributed by atoms with van der Waals surface area (Å²) in [6.07, 6.45) is 1.96. The van der Waals surface area contributed by atoms with Crippen LogP contribution in [0.1, 0.15) is 35.6 Å². The zero-order valence-electron chi connectivity index (χ0n) is 19.4. The van der Waals surface area contributed by atoms with Crippen molar-refractivity contribution in [2.24, 2.45) is 0 Å². The highest BCUT2D eigenvalue weighted by molar-refractivity contribution is 6.31. The molecule has 2 aromatic carbocycles. The molecule has 1 unspecified atom stereocenters. The Morgan fingerprint density at radius 1 is 1.22 bits per heavy atom. The van der Waals surface area contributed by atoms with Crippen LogP contribution in [0.25, 0.3) is 0 Å². The van der Waals surface area contributed by atoms with Gasteiger partial charge >= 0.3 is 6.03 Å². The number of amides is 2. The molecule has 174 valence electrons. The molecule has 1 saturated heterocycles. The number of carbonyl (C=O) groups excluding carboxylic acids is 1. The van der Waals surface area contributed by atoms with Crippen molar-refractivity contribution < 1.29 is 14.3 Å². The van der Waals surface area contributed by atoms with Crippen molar-refractivity contribution in [1.82, 2.24) is 15.1 Å². The van der Waals surface area contributed by atoms with E-state index in [9.17, 15) is 4.79 Å². The maximum Gasteiger partial charge on any atom is 0.317 e. The van der Waals surface area contributed by atoms with Gasteiger partial charge in [-0.3, -0.25) is 0 Å². The highest BCUT2D eigenvalue weighted by Gasteiger charge is 2.26. The van der Waals surface area contributed by atoms with Crippen molar-refractivity contribution in [2.75, 3.05) is 40.9 Å². The molecule has 0 radical (unpaired) electrons. The number of benzene rings is 2. The highest BCUT2D eigenvalue weighted by Crippen LogP contribution is 2.26. The molecule has 1 atom stereocenters. The lowest BCUT2D eigenvalue weighted by molar-refractivity contribution is 0.0945. The monoisotopic (exact) mass is 459 g/mol. The second-order valence-electron chi connectivity index (χ2n) is 8.46. The number of nitrogens with one attached hydrogen (secondary N) is 1. The summed E-state index contributed by atoms with van der Waals surface area (Å²) >= 11 is 6.37. The Balaban J connectivity index is 1.67. The Morgan fingerprint density at radius 3 is 2.56 bits per heavy atom. The first-order valence-corrected chi connectivity index (χ1v) is 11.4. The van der Waals surface area contributed by atoms with Crippen LogP contribution in [0.15, 0.2) is 42.5 Å². The number of piperidine rings is 1. The highest BCUT2D eigenvalue weighted by atomic mass is 35.5. The number of rotatable bonds is 8. The van der Waals surface area contributed by atoms with Gasteiger partial charge in [-0.1, -0.05) is 35.9 Å². The largest absolute Gasteiger partial charge is 0.497 e. The molecule has 1 heterocycles. The molecule has 0 saturated carbocycles. The van der Waals surface area contributed by atoms with Gasteiger partial charge in [0.25, 0.3) is 0 Å². The molecule has 1 N–H and O–H groups in total. The van der Waals surface area contributed by atoms with E-state index in [1.165, 1.54) is 0 Å². The quantitative estimate of drug-likeness (QED) is 0.624. The van der Waals surface area contributed by atoms with Gasteiger partial charge in [-0.2, -0.15) is 0 Å². The molecular formula is C25H34ClN3O3. The number of ether oxygens (including phenoxy) is 2. The first kappa shape index (κ1) is 24.4. The normalized spacial score (nSPS) is 15.9. The van der Waals surface area contributed by atoms with E-state index in [0.29, 0.717) is 18.2 Å². The third-order valence-electron chi connectivity index (χ3n) is 6.25. The van der Waals surface area contributed by atoms with Gasteiger partial charge in [0.05, 0.1) is 26.4 Å². The second kappa shape index (κ2) is 11.5. The molecule has 7 heteroatoms. The van der Waals surface area contributed by atoms with E-state index in [2.05, 4.69) is 17.3 Å². The van der Waals surface area contributed by atoms with Gasteiger partial charge < -0.3 is 24.6 Å². The summed E-state index contributed by atoms with van der Waals surface area (Å²) in [6.45, 7) is 4.77. The van der Waals surface area contributed by atoms with Crippen LogP contribution in [0.2, 0.25) is 5.02 Å². The smallest absolute Gasteiger partial charge is 0.317 e. The first-order valence-electron chi connectivity index (χ1n) is 11.1. The predicted molar refractivity (Wildman–Crippen MR) is 128 cm³/mol. The summed E-state index contributed by atoms with van der Waals surface area (Å²) in [6, 6.07) is 13.4. The van der Waals surface area contributed by atoms with E-state index in [-0.39, 0.29) is 18.1 Å². The van der Waals surface area contributed by atoms with Crippen LogP contribution in [0.5, 0.6) is 5.75 Å². The lowest BCUT2D eigenvalue weighted by Crippen LogP contribution is -2.49.